The maximum atomic E-state index is 14.3. The first kappa shape index (κ1) is 36.1. The van der Waals surface area contributed by atoms with E-state index >= 15 is 0 Å². The quantitative estimate of drug-likeness (QED) is 0.218. The lowest BCUT2D eigenvalue weighted by Gasteiger charge is -2.32. The topological polar surface area (TPSA) is 114 Å². The predicted octanol–water partition coefficient (Wildman–Crippen LogP) is 6.06. The van der Waals surface area contributed by atoms with Gasteiger partial charge in [-0.15, -0.1) is 0 Å². The van der Waals surface area contributed by atoms with Gasteiger partial charge >= 0.3 is 0 Å². The number of hydrogen-bond donors (Lipinski definition) is 1. The molecule has 0 bridgehead atoms. The van der Waals surface area contributed by atoms with Crippen LogP contribution in [0.15, 0.2) is 59.5 Å². The molecule has 0 aliphatic carbocycles. The molecule has 0 saturated carbocycles. The number of sulfonamides is 1. The summed E-state index contributed by atoms with van der Waals surface area (Å²) in [5.41, 5.74) is 0.593. The Morgan fingerprint density at radius 3 is 2.07 bits per heavy atom. The minimum atomic E-state index is -4.47. The minimum Gasteiger partial charge on any atom is -0.495 e. The second-order valence-electron chi connectivity index (χ2n) is 10.4. The van der Waals surface area contributed by atoms with Crippen molar-refractivity contribution >= 4 is 62.3 Å². The molecule has 0 aromatic heterocycles. The summed E-state index contributed by atoms with van der Waals surface area (Å²) in [4.78, 5) is 28.5. The smallest absolute Gasteiger partial charge is 0.265 e. The summed E-state index contributed by atoms with van der Waals surface area (Å²) in [5, 5.41) is 3.63. The number of amides is 2. The number of rotatable bonds is 14. The van der Waals surface area contributed by atoms with Crippen LogP contribution in [0, 0.1) is 5.92 Å². The number of hydrogen-bond acceptors (Lipinski definition) is 7. The summed E-state index contributed by atoms with van der Waals surface area (Å²) >= 11 is 18.6. The summed E-state index contributed by atoms with van der Waals surface area (Å²) in [6, 6.07) is 12.3. The predicted molar refractivity (Wildman–Crippen MR) is 176 cm³/mol. The van der Waals surface area contributed by atoms with Crippen molar-refractivity contribution < 1.29 is 32.2 Å². The summed E-state index contributed by atoms with van der Waals surface area (Å²) in [6.07, 6.45) is 0. The number of nitrogens with zero attached hydrogens (tertiary/aromatic N) is 2. The van der Waals surface area contributed by atoms with Gasteiger partial charge in [-0.05, 0) is 60.9 Å². The molecule has 10 nitrogen and oxygen atoms in total. The van der Waals surface area contributed by atoms with Gasteiger partial charge in [0.1, 0.15) is 18.3 Å². The highest BCUT2D eigenvalue weighted by Crippen LogP contribution is 2.37. The van der Waals surface area contributed by atoms with E-state index in [0.717, 1.165) is 4.31 Å². The van der Waals surface area contributed by atoms with Crippen LogP contribution >= 0.6 is 34.8 Å². The Bertz CT molecular complexity index is 1640. The van der Waals surface area contributed by atoms with E-state index in [1.807, 2.05) is 13.8 Å². The van der Waals surface area contributed by atoms with Gasteiger partial charge < -0.3 is 24.4 Å². The van der Waals surface area contributed by atoms with Gasteiger partial charge in [-0.25, -0.2) is 8.42 Å². The third-order valence-corrected chi connectivity index (χ3v) is 9.55. The van der Waals surface area contributed by atoms with Gasteiger partial charge in [-0.1, -0.05) is 54.7 Å². The summed E-state index contributed by atoms with van der Waals surface area (Å²) in [6.45, 7) is 5.06. The third kappa shape index (κ3) is 8.88. The van der Waals surface area contributed by atoms with Crippen LogP contribution in [-0.4, -0.2) is 65.6 Å². The van der Waals surface area contributed by atoms with Crippen LogP contribution in [0.5, 0.6) is 17.2 Å². The fourth-order valence-electron chi connectivity index (χ4n) is 4.35. The standard InChI is InChI=1S/C31H36Cl3N3O7S/c1-19(2)16-35-31(39)20(3)36(17-21-7-10-24(33)25(34)13-21)30(38)18-37(26-14-22(32)8-11-27(26)42-4)45(40,41)23-9-12-28(43-5)29(15-23)44-6/h7-15,19-20H,16-18H2,1-6H3,(H,35,39). The second-order valence-corrected chi connectivity index (χ2v) is 13.5. The normalized spacial score (nSPS) is 12.0. The van der Waals surface area contributed by atoms with Gasteiger partial charge in [0.25, 0.3) is 10.0 Å². The number of halogens is 3. The van der Waals surface area contributed by atoms with Crippen molar-refractivity contribution in [1.29, 1.82) is 0 Å². The molecule has 2 amide bonds. The summed E-state index contributed by atoms with van der Waals surface area (Å²) in [5.74, 6) is -0.299. The Labute approximate surface area is 279 Å². The highest BCUT2D eigenvalue weighted by atomic mass is 35.5. The van der Waals surface area contributed by atoms with Crippen LogP contribution < -0.4 is 23.8 Å². The molecule has 14 heteroatoms. The lowest BCUT2D eigenvalue weighted by molar-refractivity contribution is -0.139. The van der Waals surface area contributed by atoms with E-state index in [1.165, 1.54) is 62.6 Å². The van der Waals surface area contributed by atoms with E-state index in [9.17, 15) is 18.0 Å². The molecule has 0 heterocycles. The Kier molecular flexibility index (Phi) is 12.6. The largest absolute Gasteiger partial charge is 0.495 e. The number of carbonyl (C=O) groups is 2. The van der Waals surface area contributed by atoms with Crippen LogP contribution in [0.3, 0.4) is 0 Å². The van der Waals surface area contributed by atoms with Gasteiger partial charge in [0, 0.05) is 24.2 Å². The second kappa shape index (κ2) is 15.8. The summed E-state index contributed by atoms with van der Waals surface area (Å²) in [7, 11) is -0.299. The number of carbonyl (C=O) groups excluding carboxylic acids is 2. The number of ether oxygens (including phenoxy) is 3. The molecule has 3 rings (SSSR count). The van der Waals surface area contributed by atoms with Gasteiger partial charge in [-0.3, -0.25) is 13.9 Å². The molecule has 0 fully saturated rings. The van der Waals surface area contributed by atoms with Crippen molar-refractivity contribution in [1.82, 2.24) is 10.2 Å². The minimum absolute atomic E-state index is 0.0135. The number of methoxy groups -OCH3 is 3. The van der Waals surface area contributed by atoms with Crippen molar-refractivity contribution in [3.05, 3.63) is 75.2 Å². The number of benzene rings is 3. The van der Waals surface area contributed by atoms with Crippen LogP contribution in [-0.2, 0) is 26.2 Å². The van der Waals surface area contributed by atoms with Crippen LogP contribution in [0.1, 0.15) is 26.3 Å². The van der Waals surface area contributed by atoms with Crippen molar-refractivity contribution in [2.75, 3.05) is 38.7 Å². The molecule has 1 atom stereocenters. The van der Waals surface area contributed by atoms with Crippen molar-refractivity contribution in [2.24, 2.45) is 5.92 Å². The SMILES string of the molecule is COc1ccc(S(=O)(=O)N(CC(=O)N(Cc2ccc(Cl)c(Cl)c2)C(C)C(=O)NCC(C)C)c2cc(Cl)ccc2OC)cc1OC. The van der Waals surface area contributed by atoms with E-state index in [2.05, 4.69) is 5.32 Å². The zero-order chi connectivity index (χ0) is 33.5. The van der Waals surface area contributed by atoms with E-state index in [0.29, 0.717) is 22.9 Å². The molecule has 0 saturated heterocycles. The Hall–Kier alpha value is -3.38. The fraction of sp³-hybridized carbons (Fsp3) is 0.355. The molecule has 3 aromatic rings. The summed E-state index contributed by atoms with van der Waals surface area (Å²) < 4.78 is 45.6. The fourth-order valence-corrected chi connectivity index (χ4v) is 6.26. The van der Waals surface area contributed by atoms with Gasteiger partial charge in [0.2, 0.25) is 11.8 Å². The molecule has 0 aliphatic heterocycles. The van der Waals surface area contributed by atoms with Gasteiger partial charge in [-0.2, -0.15) is 0 Å². The molecule has 45 heavy (non-hydrogen) atoms. The molecule has 0 radical (unpaired) electrons. The van der Waals surface area contributed by atoms with Crippen LogP contribution in [0.4, 0.5) is 5.69 Å². The van der Waals surface area contributed by atoms with E-state index in [-0.39, 0.29) is 44.6 Å². The van der Waals surface area contributed by atoms with Crippen molar-refractivity contribution in [3.8, 4) is 17.2 Å². The number of nitrogens with one attached hydrogen (secondary N) is 1. The highest BCUT2D eigenvalue weighted by Gasteiger charge is 2.34. The lowest BCUT2D eigenvalue weighted by Crippen LogP contribution is -2.51. The van der Waals surface area contributed by atoms with E-state index in [4.69, 9.17) is 49.0 Å². The third-order valence-electron chi connectivity index (χ3n) is 6.82. The maximum Gasteiger partial charge on any atom is 0.265 e. The first-order valence-electron chi connectivity index (χ1n) is 13.8. The van der Waals surface area contributed by atoms with Crippen LogP contribution in [0.25, 0.3) is 0 Å². The average Bonchev–Trinajstić information content (AvgIpc) is 3.01. The van der Waals surface area contributed by atoms with Gasteiger partial charge in [0.15, 0.2) is 11.5 Å². The molecule has 1 N–H and O–H groups in total. The molecule has 0 aliphatic rings. The van der Waals surface area contributed by atoms with Crippen LogP contribution in [0.2, 0.25) is 15.1 Å². The first-order chi connectivity index (χ1) is 21.2. The zero-order valence-corrected chi connectivity index (χ0v) is 28.9. The molecular weight excluding hydrogens is 665 g/mol. The highest BCUT2D eigenvalue weighted by molar-refractivity contribution is 7.92. The molecule has 244 valence electrons. The molecule has 0 spiro atoms. The van der Waals surface area contributed by atoms with Gasteiger partial charge in [0.05, 0.1) is 42.0 Å². The Morgan fingerprint density at radius 2 is 1.47 bits per heavy atom. The number of anilines is 1. The Morgan fingerprint density at radius 1 is 0.822 bits per heavy atom. The van der Waals surface area contributed by atoms with Crippen molar-refractivity contribution in [3.63, 3.8) is 0 Å². The van der Waals surface area contributed by atoms with E-state index < -0.39 is 34.4 Å². The Balaban J connectivity index is 2.14. The molecule has 1 unspecified atom stereocenters. The zero-order valence-electron chi connectivity index (χ0n) is 25.8. The molecular formula is C31H36Cl3N3O7S. The van der Waals surface area contributed by atoms with Crippen molar-refractivity contribution in [2.45, 2.75) is 38.3 Å². The molecule has 3 aromatic carbocycles. The van der Waals surface area contributed by atoms with E-state index in [1.54, 1.807) is 25.1 Å². The average molecular weight is 701 g/mol. The first-order valence-corrected chi connectivity index (χ1v) is 16.4. The monoisotopic (exact) mass is 699 g/mol. The lowest BCUT2D eigenvalue weighted by atomic mass is 10.1. The maximum absolute atomic E-state index is 14.3.